The van der Waals surface area contributed by atoms with E-state index in [2.05, 4.69) is 5.32 Å². The summed E-state index contributed by atoms with van der Waals surface area (Å²) < 4.78 is 57.3. The van der Waals surface area contributed by atoms with E-state index < -0.39 is 26.0 Å². The van der Waals surface area contributed by atoms with Gasteiger partial charge >= 0.3 is 26.0 Å². The molecule has 11 nitrogen and oxygen atoms in total. The third-order valence-electron chi connectivity index (χ3n) is 4.25. The number of carbonyl (C=O) groups is 2. The summed E-state index contributed by atoms with van der Waals surface area (Å²) in [5.74, 6) is -2.58. The average molecular weight is 554 g/mol. The van der Waals surface area contributed by atoms with Gasteiger partial charge in [0.1, 0.15) is 11.5 Å². The molecule has 0 unspecified atom stereocenters. The number of rotatable bonds is 8. The number of hydrogen-bond donors (Lipinski definition) is 5. The molecule has 6 N–H and O–H groups in total. The van der Waals surface area contributed by atoms with Gasteiger partial charge in [-0.15, -0.1) is 0 Å². The lowest BCUT2D eigenvalue weighted by molar-refractivity contribution is -0.192. The number of nitrogens with two attached hydrogens (primary N) is 1. The highest BCUT2D eigenvalue weighted by molar-refractivity contribution is 7.52. The van der Waals surface area contributed by atoms with Crippen molar-refractivity contribution in [1.82, 2.24) is 4.67 Å². The zero-order chi connectivity index (χ0) is 28.3. The Kier molecular flexibility index (Phi) is 10.1. The fourth-order valence-corrected chi connectivity index (χ4v) is 4.18. The summed E-state index contributed by atoms with van der Waals surface area (Å²) in [5, 5.41) is 26.9. The van der Waals surface area contributed by atoms with Crippen LogP contribution in [0.15, 0.2) is 84.9 Å². The SMILES string of the molecule is N=C(N)Nc1ccc(CN(C(=O)O)P(=O)(Oc2ccccc2)Oc2ccccc2)cc1.O=C(O)C(F)(F)F. The molecule has 3 aromatic carbocycles. The van der Waals surface area contributed by atoms with Crippen LogP contribution < -0.4 is 20.1 Å². The molecular formula is C23H22F3N4O7P. The lowest BCUT2D eigenvalue weighted by atomic mass is 10.2. The first-order chi connectivity index (χ1) is 17.8. The van der Waals surface area contributed by atoms with Gasteiger partial charge in [0.2, 0.25) is 0 Å². The van der Waals surface area contributed by atoms with Crippen LogP contribution >= 0.6 is 7.75 Å². The Morgan fingerprint density at radius 1 is 0.895 bits per heavy atom. The van der Waals surface area contributed by atoms with E-state index in [-0.39, 0.29) is 24.0 Å². The van der Waals surface area contributed by atoms with Gasteiger partial charge in [0.05, 0.1) is 6.54 Å². The highest BCUT2D eigenvalue weighted by Crippen LogP contribution is 2.52. The molecule has 0 heterocycles. The van der Waals surface area contributed by atoms with Gasteiger partial charge in [0.15, 0.2) is 5.96 Å². The standard InChI is InChI=1S/C21H21N4O5P.C2HF3O2/c22-20(23)24-17-13-11-16(12-14-17)15-25(21(26)27)31(28,29-18-7-3-1-4-8-18)30-19-9-5-2-6-10-19;3-2(4,5)1(6)7/h1-14H,15H2,(H,26,27)(H4,22,23,24);(H,6,7). The molecule has 1 amide bonds. The molecule has 0 saturated carbocycles. The van der Waals surface area contributed by atoms with Crippen LogP contribution in [0.1, 0.15) is 5.56 Å². The first-order valence-corrected chi connectivity index (χ1v) is 11.9. The number of alkyl halides is 3. The van der Waals surface area contributed by atoms with Crippen molar-refractivity contribution in [2.45, 2.75) is 12.7 Å². The highest BCUT2D eigenvalue weighted by atomic mass is 31.2. The van der Waals surface area contributed by atoms with Crippen LogP contribution in [-0.4, -0.2) is 39.1 Å². The number of nitrogens with zero attached hydrogens (tertiary/aromatic N) is 1. The van der Waals surface area contributed by atoms with Gasteiger partial charge in [-0.1, -0.05) is 48.5 Å². The number of guanidine groups is 1. The molecule has 0 aliphatic heterocycles. The van der Waals surface area contributed by atoms with Crippen molar-refractivity contribution in [3.63, 3.8) is 0 Å². The molecule has 202 valence electrons. The van der Waals surface area contributed by atoms with Gasteiger partial charge in [-0.25, -0.2) is 14.2 Å². The molecular weight excluding hydrogens is 532 g/mol. The molecule has 0 saturated heterocycles. The van der Waals surface area contributed by atoms with Gasteiger partial charge in [-0.2, -0.15) is 17.8 Å². The van der Waals surface area contributed by atoms with Gasteiger partial charge in [-0.05, 0) is 42.0 Å². The van der Waals surface area contributed by atoms with Crippen LogP contribution in [0.25, 0.3) is 0 Å². The average Bonchev–Trinajstić information content (AvgIpc) is 2.84. The minimum absolute atomic E-state index is 0.203. The van der Waals surface area contributed by atoms with Crippen LogP contribution in [0.4, 0.5) is 23.7 Å². The van der Waals surface area contributed by atoms with E-state index in [0.29, 0.717) is 15.9 Å². The van der Waals surface area contributed by atoms with Gasteiger partial charge in [0.25, 0.3) is 0 Å². The predicted octanol–water partition coefficient (Wildman–Crippen LogP) is 5.37. The van der Waals surface area contributed by atoms with Crippen molar-refractivity contribution in [3.05, 3.63) is 90.5 Å². The van der Waals surface area contributed by atoms with E-state index in [1.165, 1.54) is 0 Å². The number of aliphatic carboxylic acids is 1. The topological polar surface area (TPSA) is 175 Å². The summed E-state index contributed by atoms with van der Waals surface area (Å²) in [5.41, 5.74) is 6.39. The van der Waals surface area contributed by atoms with Gasteiger partial charge in [0, 0.05) is 5.69 Å². The smallest absolute Gasteiger partial charge is 0.475 e. The number of anilines is 1. The minimum atomic E-state index is -5.08. The number of carboxylic acids is 1. The number of nitrogens with one attached hydrogen (secondary N) is 2. The first kappa shape index (κ1) is 29.5. The second-order valence-corrected chi connectivity index (χ2v) is 8.94. The molecule has 15 heteroatoms. The molecule has 0 spiro atoms. The van der Waals surface area contributed by atoms with E-state index >= 15 is 0 Å². The van der Waals surface area contributed by atoms with Gasteiger partial charge in [-0.3, -0.25) is 5.41 Å². The van der Waals surface area contributed by atoms with Crippen molar-refractivity contribution in [3.8, 4) is 11.5 Å². The van der Waals surface area contributed by atoms with Crippen LogP contribution in [0.5, 0.6) is 11.5 Å². The molecule has 0 fully saturated rings. The minimum Gasteiger partial charge on any atom is -0.475 e. The zero-order valence-electron chi connectivity index (χ0n) is 19.3. The number of halogens is 3. The Morgan fingerprint density at radius 3 is 1.66 bits per heavy atom. The normalized spacial score (nSPS) is 10.8. The quantitative estimate of drug-likeness (QED) is 0.139. The zero-order valence-corrected chi connectivity index (χ0v) is 20.2. The lowest BCUT2D eigenvalue weighted by Crippen LogP contribution is -2.30. The molecule has 38 heavy (non-hydrogen) atoms. The Bertz CT molecular complexity index is 1230. The van der Waals surface area contributed by atoms with E-state index in [4.69, 9.17) is 30.1 Å². The fourth-order valence-electron chi connectivity index (χ4n) is 2.63. The van der Waals surface area contributed by atoms with Crippen molar-refractivity contribution in [2.75, 3.05) is 5.32 Å². The number of benzene rings is 3. The molecule has 0 aliphatic carbocycles. The first-order valence-electron chi connectivity index (χ1n) is 10.4. The van der Waals surface area contributed by atoms with E-state index in [1.807, 2.05) is 0 Å². The van der Waals surface area contributed by atoms with Crippen molar-refractivity contribution >= 4 is 31.5 Å². The van der Waals surface area contributed by atoms with Crippen molar-refractivity contribution in [1.29, 1.82) is 5.41 Å². The maximum atomic E-state index is 13.8. The Morgan fingerprint density at radius 2 is 1.32 bits per heavy atom. The fraction of sp³-hybridized carbons (Fsp3) is 0.0870. The Balaban J connectivity index is 0.000000638. The van der Waals surface area contributed by atoms with Crippen LogP contribution in [-0.2, 0) is 15.9 Å². The molecule has 0 atom stereocenters. The van der Waals surface area contributed by atoms with Gasteiger partial charge < -0.3 is 30.3 Å². The number of carboxylic acid groups (broad SMARTS) is 2. The third kappa shape index (κ3) is 9.39. The summed E-state index contributed by atoms with van der Waals surface area (Å²) in [6.07, 6.45) is -6.55. The second kappa shape index (κ2) is 13.0. The Hall–Kier alpha value is -4.71. The van der Waals surface area contributed by atoms with E-state index in [0.717, 1.165) is 0 Å². The summed E-state index contributed by atoms with van der Waals surface area (Å²) in [7, 11) is -4.37. The lowest BCUT2D eigenvalue weighted by Gasteiger charge is -2.28. The Labute approximate surface area is 214 Å². The van der Waals surface area contributed by atoms with E-state index in [1.54, 1.807) is 84.9 Å². The summed E-state index contributed by atoms with van der Waals surface area (Å²) >= 11 is 0. The highest BCUT2D eigenvalue weighted by Gasteiger charge is 2.41. The predicted molar refractivity (Wildman–Crippen MR) is 131 cm³/mol. The maximum absolute atomic E-state index is 13.8. The van der Waals surface area contributed by atoms with Crippen LogP contribution in [0.3, 0.4) is 0 Å². The number of para-hydroxylation sites is 2. The third-order valence-corrected chi connectivity index (χ3v) is 6.04. The van der Waals surface area contributed by atoms with Crippen molar-refractivity contribution < 1.29 is 46.6 Å². The molecule has 0 aromatic heterocycles. The van der Waals surface area contributed by atoms with Crippen LogP contribution in [0, 0.1) is 5.41 Å². The molecule has 0 bridgehead atoms. The summed E-state index contributed by atoms with van der Waals surface area (Å²) in [6, 6.07) is 22.9. The monoisotopic (exact) mass is 554 g/mol. The summed E-state index contributed by atoms with van der Waals surface area (Å²) in [4.78, 5) is 21.0. The maximum Gasteiger partial charge on any atom is 0.549 e. The molecule has 0 radical (unpaired) electrons. The number of hydrogen-bond acceptors (Lipinski definition) is 6. The molecule has 0 aliphatic rings. The largest absolute Gasteiger partial charge is 0.549 e. The summed E-state index contributed by atoms with van der Waals surface area (Å²) in [6.45, 7) is -0.257. The van der Waals surface area contributed by atoms with Crippen molar-refractivity contribution in [2.24, 2.45) is 5.73 Å². The van der Waals surface area contributed by atoms with E-state index in [9.17, 15) is 27.6 Å². The second-order valence-electron chi connectivity index (χ2n) is 7.16. The molecule has 3 rings (SSSR count). The van der Waals surface area contributed by atoms with Crippen LogP contribution in [0.2, 0.25) is 0 Å². The molecule has 3 aromatic rings. The number of amides is 1.